The molecule has 0 saturated carbocycles. The number of rotatable bonds is 5. The standard InChI is InChI=1S/C11H16N2O4S/c1-5(14)8-6-4-7(18-3-2-12)9(11(16)17)13(6)10(8)15/h4-6,8-9,14H,2-3,12H2,1H3,(H,16,17)/t5-,6-,8-,9-/m1/s1. The SMILES string of the molecule is C[C@@H](O)[C@H]1C(=O)N2[C@@H](C(=O)O)C(SCCN)=C[C@H]12. The molecule has 0 spiro atoms. The molecule has 0 aliphatic carbocycles. The third kappa shape index (κ3) is 1.92. The lowest BCUT2D eigenvalue weighted by molar-refractivity contribution is -0.167. The van der Waals surface area contributed by atoms with E-state index in [0.717, 1.165) is 0 Å². The van der Waals surface area contributed by atoms with Gasteiger partial charge in [0, 0.05) is 17.2 Å². The van der Waals surface area contributed by atoms with E-state index < -0.39 is 24.0 Å². The second-order valence-electron chi connectivity index (χ2n) is 4.45. The van der Waals surface area contributed by atoms with Gasteiger partial charge < -0.3 is 20.8 Å². The Balaban J connectivity index is 2.20. The predicted molar refractivity (Wildman–Crippen MR) is 66.8 cm³/mol. The van der Waals surface area contributed by atoms with Crippen molar-refractivity contribution in [2.24, 2.45) is 11.7 Å². The molecule has 2 aliphatic rings. The van der Waals surface area contributed by atoms with Crippen molar-refractivity contribution in [2.45, 2.75) is 25.1 Å². The maximum absolute atomic E-state index is 11.9. The molecule has 4 atom stereocenters. The molecular weight excluding hydrogens is 256 g/mol. The average molecular weight is 272 g/mol. The van der Waals surface area contributed by atoms with Crippen molar-refractivity contribution in [1.82, 2.24) is 4.90 Å². The number of amides is 1. The number of nitrogens with two attached hydrogens (primary N) is 1. The molecule has 0 radical (unpaired) electrons. The van der Waals surface area contributed by atoms with Gasteiger partial charge in [0.05, 0.1) is 18.1 Å². The molecule has 2 aliphatic heterocycles. The van der Waals surface area contributed by atoms with E-state index in [9.17, 15) is 19.8 Å². The minimum absolute atomic E-state index is 0.290. The summed E-state index contributed by atoms with van der Waals surface area (Å²) in [6, 6.07) is -1.20. The zero-order valence-electron chi connectivity index (χ0n) is 9.94. The van der Waals surface area contributed by atoms with Crippen LogP contribution in [0.4, 0.5) is 0 Å². The van der Waals surface area contributed by atoms with Crippen molar-refractivity contribution in [2.75, 3.05) is 12.3 Å². The number of nitrogens with zero attached hydrogens (tertiary/aromatic N) is 1. The molecule has 7 heteroatoms. The normalized spacial score (nSPS) is 31.7. The second kappa shape index (κ2) is 4.91. The largest absolute Gasteiger partial charge is 0.479 e. The summed E-state index contributed by atoms with van der Waals surface area (Å²) in [6.07, 6.45) is 1.01. The van der Waals surface area contributed by atoms with Crippen LogP contribution < -0.4 is 5.73 Å². The third-order valence-electron chi connectivity index (χ3n) is 3.25. The summed E-state index contributed by atoms with van der Waals surface area (Å²) in [5.41, 5.74) is 5.40. The quantitative estimate of drug-likeness (QED) is 0.568. The monoisotopic (exact) mass is 272 g/mol. The van der Waals surface area contributed by atoms with Crippen LogP contribution in [-0.2, 0) is 9.59 Å². The van der Waals surface area contributed by atoms with Crippen LogP contribution in [0, 0.1) is 5.92 Å². The van der Waals surface area contributed by atoms with E-state index in [-0.39, 0.29) is 11.9 Å². The summed E-state index contributed by atoms with van der Waals surface area (Å²) >= 11 is 1.36. The van der Waals surface area contributed by atoms with Gasteiger partial charge in [-0.1, -0.05) is 0 Å². The maximum atomic E-state index is 11.9. The van der Waals surface area contributed by atoms with Gasteiger partial charge >= 0.3 is 5.97 Å². The number of carbonyl (C=O) groups is 2. The highest BCUT2D eigenvalue weighted by Gasteiger charge is 2.57. The topological polar surface area (TPSA) is 104 Å². The lowest BCUT2D eigenvalue weighted by Crippen LogP contribution is -2.65. The molecule has 100 valence electrons. The molecular formula is C11H16N2O4S. The summed E-state index contributed by atoms with van der Waals surface area (Å²) in [5, 5.41) is 18.7. The number of hydrogen-bond acceptors (Lipinski definition) is 5. The number of carbonyl (C=O) groups excluding carboxylic acids is 1. The Morgan fingerprint density at radius 3 is 2.83 bits per heavy atom. The van der Waals surface area contributed by atoms with Crippen molar-refractivity contribution in [3.63, 3.8) is 0 Å². The first kappa shape index (κ1) is 13.4. The lowest BCUT2D eigenvalue weighted by Gasteiger charge is -2.45. The molecule has 2 rings (SSSR count). The van der Waals surface area contributed by atoms with Gasteiger partial charge in [0.2, 0.25) is 5.91 Å². The van der Waals surface area contributed by atoms with Gasteiger partial charge in [-0.3, -0.25) is 4.79 Å². The Labute approximate surface area is 109 Å². The second-order valence-corrected chi connectivity index (χ2v) is 5.62. The number of thioether (sulfide) groups is 1. The Bertz CT molecular complexity index is 410. The third-order valence-corrected chi connectivity index (χ3v) is 4.38. The Morgan fingerprint density at radius 1 is 1.67 bits per heavy atom. The molecule has 0 aromatic carbocycles. The fraction of sp³-hybridized carbons (Fsp3) is 0.636. The summed E-state index contributed by atoms with van der Waals surface area (Å²) in [4.78, 5) is 25.1. The number of hydrogen-bond donors (Lipinski definition) is 3. The minimum Gasteiger partial charge on any atom is -0.479 e. The van der Waals surface area contributed by atoms with Crippen molar-refractivity contribution in [3.05, 3.63) is 11.0 Å². The van der Waals surface area contributed by atoms with E-state index in [2.05, 4.69) is 0 Å². The first-order valence-corrected chi connectivity index (χ1v) is 6.75. The lowest BCUT2D eigenvalue weighted by atomic mass is 9.84. The van der Waals surface area contributed by atoms with Gasteiger partial charge in [-0.2, -0.15) is 0 Å². The van der Waals surface area contributed by atoms with Crippen LogP contribution in [-0.4, -0.2) is 57.5 Å². The van der Waals surface area contributed by atoms with Crippen LogP contribution in [0.2, 0.25) is 0 Å². The fourth-order valence-corrected chi connectivity index (χ4v) is 3.43. The molecule has 2 heterocycles. The summed E-state index contributed by atoms with van der Waals surface area (Å²) in [5.74, 6) is -1.22. The van der Waals surface area contributed by atoms with Gasteiger partial charge in [0.25, 0.3) is 0 Å². The highest BCUT2D eigenvalue weighted by molar-refractivity contribution is 8.03. The van der Waals surface area contributed by atoms with E-state index in [4.69, 9.17) is 5.73 Å². The van der Waals surface area contributed by atoms with Crippen LogP contribution in [0.5, 0.6) is 0 Å². The molecule has 0 aromatic rings. The number of β-lactam (4-membered cyclic amide) rings is 1. The van der Waals surface area contributed by atoms with Crippen molar-refractivity contribution in [3.8, 4) is 0 Å². The molecule has 1 fully saturated rings. The Kier molecular flexibility index (Phi) is 3.65. The zero-order valence-corrected chi connectivity index (χ0v) is 10.8. The number of fused-ring (bicyclic) bond motifs is 1. The van der Waals surface area contributed by atoms with E-state index in [1.807, 2.05) is 0 Å². The Hall–Kier alpha value is -1.05. The number of carboxylic acids is 1. The van der Waals surface area contributed by atoms with E-state index in [0.29, 0.717) is 17.2 Å². The average Bonchev–Trinajstić information content (AvgIpc) is 2.60. The molecule has 0 bridgehead atoms. The highest BCUT2D eigenvalue weighted by atomic mass is 32.2. The van der Waals surface area contributed by atoms with Crippen molar-refractivity contribution >= 4 is 23.6 Å². The van der Waals surface area contributed by atoms with Crippen LogP contribution in [0.1, 0.15) is 6.92 Å². The number of aliphatic carboxylic acids is 1. The predicted octanol–water partition coefficient (Wildman–Crippen LogP) is -0.763. The minimum atomic E-state index is -1.04. The molecule has 0 unspecified atom stereocenters. The molecule has 4 N–H and O–H groups in total. The maximum Gasteiger partial charge on any atom is 0.331 e. The van der Waals surface area contributed by atoms with Gasteiger partial charge in [0.1, 0.15) is 0 Å². The first-order chi connectivity index (χ1) is 8.49. The summed E-state index contributed by atoms with van der Waals surface area (Å²) in [7, 11) is 0. The van der Waals surface area contributed by atoms with Crippen LogP contribution in [0.25, 0.3) is 0 Å². The van der Waals surface area contributed by atoms with E-state index in [1.54, 1.807) is 13.0 Å². The van der Waals surface area contributed by atoms with Crippen LogP contribution in [0.15, 0.2) is 11.0 Å². The fourth-order valence-electron chi connectivity index (χ4n) is 2.47. The summed E-state index contributed by atoms with van der Waals surface area (Å²) in [6.45, 7) is 2.00. The molecule has 18 heavy (non-hydrogen) atoms. The van der Waals surface area contributed by atoms with E-state index >= 15 is 0 Å². The van der Waals surface area contributed by atoms with Crippen molar-refractivity contribution in [1.29, 1.82) is 0 Å². The smallest absolute Gasteiger partial charge is 0.331 e. The number of carboxylic acid groups (broad SMARTS) is 1. The first-order valence-electron chi connectivity index (χ1n) is 5.76. The molecule has 0 aromatic heterocycles. The number of aliphatic hydroxyl groups is 1. The van der Waals surface area contributed by atoms with Gasteiger partial charge in [-0.25, -0.2) is 4.79 Å². The van der Waals surface area contributed by atoms with Crippen molar-refractivity contribution < 1.29 is 19.8 Å². The van der Waals surface area contributed by atoms with E-state index in [1.165, 1.54) is 16.7 Å². The van der Waals surface area contributed by atoms with Crippen LogP contribution >= 0.6 is 11.8 Å². The molecule has 1 saturated heterocycles. The number of aliphatic hydroxyl groups excluding tert-OH is 1. The van der Waals surface area contributed by atoms with Gasteiger partial charge in [-0.15, -0.1) is 11.8 Å². The summed E-state index contributed by atoms with van der Waals surface area (Å²) < 4.78 is 0. The van der Waals surface area contributed by atoms with Gasteiger partial charge in [0.15, 0.2) is 6.04 Å². The molecule has 1 amide bonds. The zero-order chi connectivity index (χ0) is 13.4. The van der Waals surface area contributed by atoms with Gasteiger partial charge in [-0.05, 0) is 13.0 Å². The molecule has 6 nitrogen and oxygen atoms in total. The van der Waals surface area contributed by atoms with Crippen LogP contribution in [0.3, 0.4) is 0 Å². The highest BCUT2D eigenvalue weighted by Crippen LogP contribution is 2.43. The Morgan fingerprint density at radius 2 is 2.33 bits per heavy atom.